The molecule has 3 heterocycles. The van der Waals surface area contributed by atoms with E-state index < -0.39 is 11.5 Å². The number of carboxylic acid groups (broad SMARTS) is 1. The quantitative estimate of drug-likeness (QED) is 0.840. The number of likely N-dealkylation sites (tertiary alicyclic amines) is 1. The number of aliphatic carboxylic acids is 1. The molecule has 3 N–H and O–H groups in total. The smallest absolute Gasteiger partial charge is 0.325 e. The van der Waals surface area contributed by atoms with E-state index in [9.17, 15) is 9.90 Å². The average molecular weight is 370 g/mol. The van der Waals surface area contributed by atoms with E-state index >= 15 is 0 Å². The van der Waals surface area contributed by atoms with Crippen LogP contribution in [0.15, 0.2) is 24.3 Å². The van der Waals surface area contributed by atoms with Gasteiger partial charge in [0.25, 0.3) is 0 Å². The highest BCUT2D eigenvalue weighted by Crippen LogP contribution is 2.29. The highest BCUT2D eigenvalue weighted by molar-refractivity contribution is 5.82. The minimum absolute atomic E-state index is 0.358. The Labute approximate surface area is 158 Å². The number of rotatable bonds is 4. The Hall–Kier alpha value is -2.22. The van der Waals surface area contributed by atoms with Crippen LogP contribution in [0.25, 0.3) is 10.9 Å². The standard InChI is InChI=1S/C20H26N4O3/c1-14-2-3-15-11-16(12-23-5-4-20(21,13-23)19(25)26)18(22-17(15)10-14)24-6-8-27-9-7-24/h2-3,10-11H,4-9,12-13,21H2,1H3,(H,25,26). The van der Waals surface area contributed by atoms with E-state index in [1.165, 1.54) is 5.56 Å². The van der Waals surface area contributed by atoms with Gasteiger partial charge in [0.2, 0.25) is 0 Å². The summed E-state index contributed by atoms with van der Waals surface area (Å²) in [6.07, 6.45) is 0.468. The first kappa shape index (κ1) is 18.2. The van der Waals surface area contributed by atoms with Crippen molar-refractivity contribution in [2.24, 2.45) is 5.73 Å². The van der Waals surface area contributed by atoms with E-state index in [0.29, 0.717) is 39.3 Å². The molecule has 0 bridgehead atoms. The number of nitrogens with zero attached hydrogens (tertiary/aromatic N) is 3. The third kappa shape index (κ3) is 3.63. The number of carboxylic acids is 1. The predicted octanol–water partition coefficient (Wildman–Crippen LogP) is 1.37. The fourth-order valence-electron chi connectivity index (χ4n) is 3.94. The molecule has 2 aliphatic heterocycles. The molecule has 0 saturated carbocycles. The summed E-state index contributed by atoms with van der Waals surface area (Å²) in [4.78, 5) is 20.8. The Balaban J connectivity index is 1.67. The van der Waals surface area contributed by atoms with Gasteiger partial charge < -0.3 is 20.5 Å². The van der Waals surface area contributed by atoms with Gasteiger partial charge in [-0.05, 0) is 31.0 Å². The summed E-state index contributed by atoms with van der Waals surface area (Å²) in [6.45, 7) is 6.77. The van der Waals surface area contributed by atoms with Gasteiger partial charge in [-0.15, -0.1) is 0 Å². The molecule has 7 nitrogen and oxygen atoms in total. The topological polar surface area (TPSA) is 91.9 Å². The van der Waals surface area contributed by atoms with E-state index in [1.807, 2.05) is 0 Å². The Morgan fingerprint density at radius 3 is 2.78 bits per heavy atom. The fourth-order valence-corrected chi connectivity index (χ4v) is 3.94. The zero-order valence-corrected chi connectivity index (χ0v) is 15.6. The number of anilines is 1. The zero-order chi connectivity index (χ0) is 19.0. The van der Waals surface area contributed by atoms with Gasteiger partial charge in [0.05, 0.1) is 18.7 Å². The number of benzene rings is 1. The number of hydrogen-bond donors (Lipinski definition) is 2. The van der Waals surface area contributed by atoms with Crippen LogP contribution in [0, 0.1) is 6.92 Å². The van der Waals surface area contributed by atoms with Crippen LogP contribution in [0.4, 0.5) is 5.82 Å². The molecule has 4 rings (SSSR count). The minimum Gasteiger partial charge on any atom is -0.480 e. The number of aromatic nitrogens is 1. The lowest BCUT2D eigenvalue weighted by molar-refractivity contribution is -0.142. The maximum absolute atomic E-state index is 11.5. The highest BCUT2D eigenvalue weighted by Gasteiger charge is 2.41. The molecule has 2 fully saturated rings. The summed E-state index contributed by atoms with van der Waals surface area (Å²) in [5.74, 6) is 0.0479. The van der Waals surface area contributed by atoms with Gasteiger partial charge in [-0.2, -0.15) is 0 Å². The average Bonchev–Trinajstić information content (AvgIpc) is 3.04. The number of ether oxygens (including phenoxy) is 1. The molecular weight excluding hydrogens is 344 g/mol. The molecule has 7 heteroatoms. The second kappa shape index (κ2) is 7.07. The van der Waals surface area contributed by atoms with Crippen molar-refractivity contribution in [3.8, 4) is 0 Å². The van der Waals surface area contributed by atoms with Crippen LogP contribution < -0.4 is 10.6 Å². The van der Waals surface area contributed by atoms with Crippen molar-refractivity contribution in [2.75, 3.05) is 44.3 Å². The molecule has 0 aliphatic carbocycles. The molecule has 2 saturated heterocycles. The number of hydrogen-bond acceptors (Lipinski definition) is 6. The monoisotopic (exact) mass is 370 g/mol. The molecule has 2 aliphatic rings. The predicted molar refractivity (Wildman–Crippen MR) is 104 cm³/mol. The summed E-state index contributed by atoms with van der Waals surface area (Å²) < 4.78 is 5.49. The number of carbonyl (C=O) groups is 1. The van der Waals surface area contributed by atoms with Gasteiger partial charge in [-0.3, -0.25) is 9.69 Å². The minimum atomic E-state index is -1.15. The van der Waals surface area contributed by atoms with Crippen molar-refractivity contribution < 1.29 is 14.6 Å². The molecule has 1 unspecified atom stereocenters. The fraction of sp³-hybridized carbons (Fsp3) is 0.500. The molecule has 0 spiro atoms. The van der Waals surface area contributed by atoms with E-state index in [2.05, 4.69) is 41.0 Å². The number of fused-ring (bicyclic) bond motifs is 1. The van der Waals surface area contributed by atoms with E-state index in [0.717, 1.165) is 35.4 Å². The lowest BCUT2D eigenvalue weighted by atomic mass is 10.0. The van der Waals surface area contributed by atoms with Crippen LogP contribution >= 0.6 is 0 Å². The summed E-state index contributed by atoms with van der Waals surface area (Å²) in [7, 11) is 0. The second-order valence-corrected chi connectivity index (χ2v) is 7.69. The van der Waals surface area contributed by atoms with Crippen molar-refractivity contribution in [2.45, 2.75) is 25.4 Å². The first-order valence-corrected chi connectivity index (χ1v) is 9.42. The number of aryl methyl sites for hydroxylation is 1. The van der Waals surface area contributed by atoms with Crippen LogP contribution in [0.1, 0.15) is 17.5 Å². The molecule has 0 amide bonds. The van der Waals surface area contributed by atoms with Gasteiger partial charge in [0.1, 0.15) is 11.4 Å². The molecular formula is C20H26N4O3. The van der Waals surface area contributed by atoms with Gasteiger partial charge >= 0.3 is 5.97 Å². The molecule has 1 aromatic heterocycles. The number of morpholine rings is 1. The Morgan fingerprint density at radius 2 is 2.07 bits per heavy atom. The van der Waals surface area contributed by atoms with E-state index in [1.54, 1.807) is 0 Å². The third-order valence-electron chi connectivity index (χ3n) is 5.54. The third-order valence-corrected chi connectivity index (χ3v) is 5.54. The second-order valence-electron chi connectivity index (χ2n) is 7.69. The first-order valence-electron chi connectivity index (χ1n) is 9.42. The van der Waals surface area contributed by atoms with Crippen molar-refractivity contribution in [1.82, 2.24) is 9.88 Å². The summed E-state index contributed by atoms with van der Waals surface area (Å²) in [6, 6.07) is 8.48. The van der Waals surface area contributed by atoms with Gasteiger partial charge in [-0.25, -0.2) is 4.98 Å². The SMILES string of the molecule is Cc1ccc2cc(CN3CCC(N)(C(=O)O)C3)c(N3CCOCC3)nc2c1. The summed E-state index contributed by atoms with van der Waals surface area (Å²) in [5, 5.41) is 10.5. The molecule has 144 valence electrons. The van der Waals surface area contributed by atoms with Crippen LogP contribution in [0.3, 0.4) is 0 Å². The first-order chi connectivity index (χ1) is 12.9. The number of pyridine rings is 1. The molecule has 2 aromatic rings. The van der Waals surface area contributed by atoms with Crippen molar-refractivity contribution in [1.29, 1.82) is 0 Å². The molecule has 1 aromatic carbocycles. The largest absolute Gasteiger partial charge is 0.480 e. The lowest BCUT2D eigenvalue weighted by Gasteiger charge is -2.31. The molecule has 27 heavy (non-hydrogen) atoms. The highest BCUT2D eigenvalue weighted by atomic mass is 16.5. The van der Waals surface area contributed by atoms with Crippen molar-refractivity contribution in [3.63, 3.8) is 0 Å². The summed E-state index contributed by atoms with van der Waals surface area (Å²) >= 11 is 0. The summed E-state index contributed by atoms with van der Waals surface area (Å²) in [5.41, 5.74) is 8.18. The normalized spacial score (nSPS) is 23.9. The maximum Gasteiger partial charge on any atom is 0.325 e. The molecule has 1 atom stereocenters. The van der Waals surface area contributed by atoms with Gasteiger partial charge in [-0.1, -0.05) is 12.1 Å². The van der Waals surface area contributed by atoms with Crippen LogP contribution in [-0.4, -0.2) is 65.9 Å². The van der Waals surface area contributed by atoms with Crippen LogP contribution in [0.2, 0.25) is 0 Å². The van der Waals surface area contributed by atoms with E-state index in [-0.39, 0.29) is 0 Å². The Kier molecular flexibility index (Phi) is 4.75. The Morgan fingerprint density at radius 1 is 1.30 bits per heavy atom. The Bertz CT molecular complexity index is 866. The van der Waals surface area contributed by atoms with Crippen LogP contribution in [-0.2, 0) is 16.1 Å². The van der Waals surface area contributed by atoms with Crippen LogP contribution in [0.5, 0.6) is 0 Å². The van der Waals surface area contributed by atoms with Gasteiger partial charge in [0, 0.05) is 43.7 Å². The van der Waals surface area contributed by atoms with Gasteiger partial charge in [0.15, 0.2) is 0 Å². The lowest BCUT2D eigenvalue weighted by Crippen LogP contribution is -2.50. The number of nitrogens with two attached hydrogens (primary N) is 1. The maximum atomic E-state index is 11.5. The van der Waals surface area contributed by atoms with E-state index in [4.69, 9.17) is 15.5 Å². The zero-order valence-electron chi connectivity index (χ0n) is 15.6. The van der Waals surface area contributed by atoms with Crippen molar-refractivity contribution in [3.05, 3.63) is 35.4 Å². The molecule has 0 radical (unpaired) electrons. The van der Waals surface area contributed by atoms with Crippen molar-refractivity contribution >= 4 is 22.7 Å².